The molecule has 4 nitrogen and oxygen atoms in total. The van der Waals surface area contributed by atoms with Crippen molar-refractivity contribution < 1.29 is 9.21 Å². The lowest BCUT2D eigenvalue weighted by Gasteiger charge is -2.22. The Morgan fingerprint density at radius 2 is 2.16 bits per heavy atom. The molecule has 1 fully saturated rings. The first-order valence-corrected chi connectivity index (χ1v) is 6.68. The number of amides is 1. The normalized spacial score (nSPS) is 16.9. The van der Waals surface area contributed by atoms with Crippen LogP contribution in [0.2, 0.25) is 0 Å². The second-order valence-electron chi connectivity index (χ2n) is 4.93. The van der Waals surface area contributed by atoms with Crippen molar-refractivity contribution in [1.82, 2.24) is 5.32 Å². The van der Waals surface area contributed by atoms with Gasteiger partial charge in [0.1, 0.15) is 23.2 Å². The van der Waals surface area contributed by atoms with E-state index in [1.165, 1.54) is 12.5 Å². The molecule has 0 bridgehead atoms. The average molecular weight is 258 g/mol. The summed E-state index contributed by atoms with van der Waals surface area (Å²) in [6.45, 7) is 1.82. The highest BCUT2D eigenvalue weighted by molar-refractivity contribution is 6.01. The number of hydrogen-bond acceptors (Lipinski definition) is 3. The molecule has 0 atom stereocenters. The molecular weight excluding hydrogens is 240 g/mol. The first-order chi connectivity index (χ1) is 9.19. The first-order valence-electron chi connectivity index (χ1n) is 6.68. The Bertz CT molecular complexity index is 516. The second-order valence-corrected chi connectivity index (χ2v) is 4.93. The number of carbonyl (C=O) groups excluding carboxylic acids is 1. The molecule has 19 heavy (non-hydrogen) atoms. The summed E-state index contributed by atoms with van der Waals surface area (Å²) in [4.78, 5) is 12.0. The predicted molar refractivity (Wildman–Crippen MR) is 72.1 cm³/mol. The third kappa shape index (κ3) is 3.72. The second kappa shape index (κ2) is 6.24. The van der Waals surface area contributed by atoms with E-state index in [0.29, 0.717) is 5.76 Å². The zero-order valence-corrected chi connectivity index (χ0v) is 11.1. The lowest BCUT2D eigenvalue weighted by Crippen LogP contribution is -2.36. The molecule has 1 aromatic rings. The fraction of sp³-hybridized carbons (Fsp3) is 0.467. The minimum absolute atomic E-state index is 0.0972. The summed E-state index contributed by atoms with van der Waals surface area (Å²) >= 11 is 0. The van der Waals surface area contributed by atoms with Crippen LogP contribution < -0.4 is 5.32 Å². The molecule has 2 rings (SSSR count). The number of hydrogen-bond donors (Lipinski definition) is 1. The Kier molecular flexibility index (Phi) is 4.40. The zero-order chi connectivity index (χ0) is 13.7. The van der Waals surface area contributed by atoms with Gasteiger partial charge in [-0.05, 0) is 31.9 Å². The Hall–Kier alpha value is -2.02. The van der Waals surface area contributed by atoms with E-state index in [9.17, 15) is 4.79 Å². The molecule has 1 heterocycles. The van der Waals surface area contributed by atoms with Crippen LogP contribution in [0.25, 0.3) is 6.08 Å². The predicted octanol–water partition coefficient (Wildman–Crippen LogP) is 2.94. The van der Waals surface area contributed by atoms with E-state index < -0.39 is 0 Å². The SMILES string of the molecule is Cc1ccc(/C=C(/C#N)C(=O)NC2CCCCC2)o1. The highest BCUT2D eigenvalue weighted by Gasteiger charge is 2.18. The van der Waals surface area contributed by atoms with E-state index in [1.807, 2.05) is 13.0 Å². The Labute approximate surface area is 113 Å². The van der Waals surface area contributed by atoms with Crippen molar-refractivity contribution in [3.05, 3.63) is 29.2 Å². The summed E-state index contributed by atoms with van der Waals surface area (Å²) in [6.07, 6.45) is 7.03. The van der Waals surface area contributed by atoms with Gasteiger partial charge in [-0.2, -0.15) is 5.26 Å². The lowest BCUT2D eigenvalue weighted by atomic mass is 9.95. The van der Waals surface area contributed by atoms with Gasteiger partial charge in [-0.3, -0.25) is 4.79 Å². The monoisotopic (exact) mass is 258 g/mol. The van der Waals surface area contributed by atoms with Gasteiger partial charge in [0.05, 0.1) is 0 Å². The summed E-state index contributed by atoms with van der Waals surface area (Å²) in [7, 11) is 0. The van der Waals surface area contributed by atoms with Gasteiger partial charge in [-0.25, -0.2) is 0 Å². The highest BCUT2D eigenvalue weighted by atomic mass is 16.3. The molecule has 0 saturated heterocycles. The summed E-state index contributed by atoms with van der Waals surface area (Å²) in [5, 5.41) is 12.0. The summed E-state index contributed by atoms with van der Waals surface area (Å²) < 4.78 is 5.35. The highest BCUT2D eigenvalue weighted by Crippen LogP contribution is 2.18. The fourth-order valence-electron chi connectivity index (χ4n) is 2.33. The lowest BCUT2D eigenvalue weighted by molar-refractivity contribution is -0.117. The van der Waals surface area contributed by atoms with Gasteiger partial charge >= 0.3 is 0 Å². The molecule has 0 unspecified atom stereocenters. The summed E-state index contributed by atoms with van der Waals surface area (Å²) in [6, 6.07) is 5.70. The molecule has 1 aromatic heterocycles. The Morgan fingerprint density at radius 3 is 2.74 bits per heavy atom. The third-order valence-corrected chi connectivity index (χ3v) is 3.35. The van der Waals surface area contributed by atoms with Gasteiger partial charge in [0, 0.05) is 12.1 Å². The van der Waals surface area contributed by atoms with Crippen molar-refractivity contribution in [1.29, 1.82) is 5.26 Å². The molecule has 0 radical (unpaired) electrons. The van der Waals surface area contributed by atoms with Crippen molar-refractivity contribution in [2.45, 2.75) is 45.1 Å². The minimum atomic E-state index is -0.302. The summed E-state index contributed by atoms with van der Waals surface area (Å²) in [5.74, 6) is 0.993. The van der Waals surface area contributed by atoms with E-state index in [1.54, 1.807) is 12.1 Å². The molecule has 0 aromatic carbocycles. The van der Waals surface area contributed by atoms with Crippen LogP contribution in [-0.2, 0) is 4.79 Å². The van der Waals surface area contributed by atoms with Gasteiger partial charge < -0.3 is 9.73 Å². The van der Waals surface area contributed by atoms with Gasteiger partial charge in [0.15, 0.2) is 0 Å². The quantitative estimate of drug-likeness (QED) is 0.669. The van der Waals surface area contributed by atoms with Crippen LogP contribution in [0.5, 0.6) is 0 Å². The topological polar surface area (TPSA) is 66.0 Å². The molecular formula is C15H18N2O2. The van der Waals surface area contributed by atoms with Crippen LogP contribution in [0.15, 0.2) is 22.1 Å². The summed E-state index contributed by atoms with van der Waals surface area (Å²) in [5.41, 5.74) is 0.0972. The molecule has 1 amide bonds. The van der Waals surface area contributed by atoms with Crippen molar-refractivity contribution in [2.75, 3.05) is 0 Å². The van der Waals surface area contributed by atoms with Crippen molar-refractivity contribution in [2.24, 2.45) is 0 Å². The van der Waals surface area contributed by atoms with Crippen molar-refractivity contribution >= 4 is 12.0 Å². The van der Waals surface area contributed by atoms with E-state index in [4.69, 9.17) is 9.68 Å². The van der Waals surface area contributed by atoms with E-state index in [-0.39, 0.29) is 17.5 Å². The Balaban J connectivity index is 2.02. The molecule has 1 N–H and O–H groups in total. The van der Waals surface area contributed by atoms with Gasteiger partial charge in [-0.1, -0.05) is 19.3 Å². The van der Waals surface area contributed by atoms with Crippen LogP contribution >= 0.6 is 0 Å². The van der Waals surface area contributed by atoms with Crippen molar-refractivity contribution in [3.63, 3.8) is 0 Å². The largest absolute Gasteiger partial charge is 0.462 e. The van der Waals surface area contributed by atoms with Gasteiger partial charge in [-0.15, -0.1) is 0 Å². The zero-order valence-electron chi connectivity index (χ0n) is 11.1. The molecule has 0 spiro atoms. The molecule has 1 aliphatic rings. The number of nitriles is 1. The van der Waals surface area contributed by atoms with Crippen molar-refractivity contribution in [3.8, 4) is 6.07 Å². The molecule has 1 saturated carbocycles. The van der Waals surface area contributed by atoms with Crippen LogP contribution in [0.4, 0.5) is 0 Å². The van der Waals surface area contributed by atoms with Crippen LogP contribution in [0.1, 0.15) is 43.6 Å². The van der Waals surface area contributed by atoms with Crippen LogP contribution in [0, 0.1) is 18.3 Å². The van der Waals surface area contributed by atoms with Gasteiger partial charge in [0.25, 0.3) is 5.91 Å². The maximum atomic E-state index is 12.0. The fourth-order valence-corrected chi connectivity index (χ4v) is 2.33. The smallest absolute Gasteiger partial charge is 0.262 e. The molecule has 4 heteroatoms. The van der Waals surface area contributed by atoms with E-state index >= 15 is 0 Å². The molecule has 1 aliphatic carbocycles. The number of nitrogens with zero attached hydrogens (tertiary/aromatic N) is 1. The van der Waals surface area contributed by atoms with Crippen LogP contribution in [-0.4, -0.2) is 11.9 Å². The third-order valence-electron chi connectivity index (χ3n) is 3.35. The molecule has 0 aliphatic heterocycles. The Morgan fingerprint density at radius 1 is 1.42 bits per heavy atom. The maximum Gasteiger partial charge on any atom is 0.262 e. The van der Waals surface area contributed by atoms with Crippen LogP contribution in [0.3, 0.4) is 0 Å². The maximum absolute atomic E-state index is 12.0. The van der Waals surface area contributed by atoms with Gasteiger partial charge in [0.2, 0.25) is 0 Å². The standard InChI is InChI=1S/C15H18N2O2/c1-11-7-8-14(19-11)9-12(10-16)15(18)17-13-5-3-2-4-6-13/h7-9,13H,2-6H2,1H3,(H,17,18)/b12-9-. The van der Waals surface area contributed by atoms with E-state index in [2.05, 4.69) is 5.32 Å². The van der Waals surface area contributed by atoms with E-state index in [0.717, 1.165) is 31.4 Å². The number of carbonyl (C=O) groups is 1. The number of rotatable bonds is 3. The number of furan rings is 1. The average Bonchev–Trinajstić information content (AvgIpc) is 2.82. The first kappa shape index (κ1) is 13.4. The minimum Gasteiger partial charge on any atom is -0.462 e. The molecule has 100 valence electrons. The number of aryl methyl sites for hydroxylation is 1. The number of nitrogens with one attached hydrogen (secondary N) is 1.